The summed E-state index contributed by atoms with van der Waals surface area (Å²) in [5.74, 6) is -0.103. The van der Waals surface area contributed by atoms with Crippen molar-refractivity contribution in [3.05, 3.63) is 53.7 Å². The van der Waals surface area contributed by atoms with E-state index in [0.29, 0.717) is 25.3 Å². The molecule has 2 heterocycles. The molecule has 0 spiro atoms. The molecule has 0 saturated heterocycles. The average molecular weight is 541 g/mol. The molecular formula is C28H36N4O5S. The topological polar surface area (TPSA) is 134 Å². The molecule has 0 aliphatic heterocycles. The maximum absolute atomic E-state index is 13.4. The van der Waals surface area contributed by atoms with Crippen LogP contribution in [0.25, 0.3) is 10.2 Å². The molecule has 4 N–H and O–H groups in total. The van der Waals surface area contributed by atoms with Gasteiger partial charge in [0.25, 0.3) is 5.91 Å². The van der Waals surface area contributed by atoms with Crippen LogP contribution >= 0.6 is 11.3 Å². The molecule has 10 heteroatoms. The fourth-order valence-electron chi connectivity index (χ4n) is 5.38. The zero-order chi connectivity index (χ0) is 27.2. The van der Waals surface area contributed by atoms with Gasteiger partial charge in [-0.15, -0.1) is 11.3 Å². The maximum Gasteiger partial charge on any atom is 0.405 e. The number of amides is 2. The third-order valence-electron chi connectivity index (χ3n) is 7.59. The smallest absolute Gasteiger partial charge is 0.405 e. The van der Waals surface area contributed by atoms with E-state index < -0.39 is 29.1 Å². The summed E-state index contributed by atoms with van der Waals surface area (Å²) in [6.45, 7) is 4.15. The van der Waals surface area contributed by atoms with Crippen molar-refractivity contribution in [1.82, 2.24) is 20.6 Å². The summed E-state index contributed by atoms with van der Waals surface area (Å²) < 4.78 is 7.06. The zero-order valence-electron chi connectivity index (χ0n) is 21.9. The number of ether oxygens (including phenoxy) is 1. The van der Waals surface area contributed by atoms with Crippen LogP contribution in [-0.4, -0.2) is 50.4 Å². The van der Waals surface area contributed by atoms with Crippen LogP contribution in [0.3, 0.4) is 0 Å². The number of aliphatic hydroxyl groups is 1. The number of aliphatic hydroxyl groups excluding tert-OH is 1. The van der Waals surface area contributed by atoms with Gasteiger partial charge in [-0.1, -0.05) is 56.5 Å². The Morgan fingerprint density at radius 1 is 1.21 bits per heavy atom. The number of hydrogen-bond donors (Lipinski definition) is 4. The number of hydrogen-bond acceptors (Lipinski definition) is 7. The number of benzene rings is 1. The number of thiophene rings is 1. The van der Waals surface area contributed by atoms with Gasteiger partial charge in [0, 0.05) is 5.41 Å². The van der Waals surface area contributed by atoms with Gasteiger partial charge < -0.3 is 25.6 Å². The summed E-state index contributed by atoms with van der Waals surface area (Å²) >= 11 is 1.50. The second kappa shape index (κ2) is 12.1. The van der Waals surface area contributed by atoms with E-state index in [0.717, 1.165) is 41.5 Å². The minimum absolute atomic E-state index is 0.277. The Balaban J connectivity index is 1.57. The van der Waals surface area contributed by atoms with Gasteiger partial charge in [0.2, 0.25) is 5.88 Å². The third-order valence-corrected chi connectivity index (χ3v) is 8.48. The van der Waals surface area contributed by atoms with Crippen molar-refractivity contribution in [1.29, 1.82) is 0 Å². The molecule has 1 aromatic carbocycles. The molecule has 9 nitrogen and oxygen atoms in total. The molecule has 2 amide bonds. The molecule has 3 aromatic rings. The molecule has 4 rings (SSSR count). The van der Waals surface area contributed by atoms with E-state index in [1.807, 2.05) is 55.6 Å². The first-order valence-corrected chi connectivity index (χ1v) is 14.0. The van der Waals surface area contributed by atoms with Crippen LogP contribution in [-0.2, 0) is 4.79 Å². The van der Waals surface area contributed by atoms with Crippen LogP contribution in [0.2, 0.25) is 0 Å². The fourth-order valence-corrected chi connectivity index (χ4v) is 6.17. The predicted octanol–water partition coefficient (Wildman–Crippen LogP) is 5.07. The summed E-state index contributed by atoms with van der Waals surface area (Å²) in [6.07, 6.45) is 3.24. The van der Waals surface area contributed by atoms with Crippen molar-refractivity contribution < 1.29 is 24.5 Å². The van der Waals surface area contributed by atoms with Gasteiger partial charge in [0.1, 0.15) is 11.0 Å². The number of unbranched alkanes of at least 4 members (excludes halogenated alkanes) is 1. The lowest BCUT2D eigenvalue weighted by Crippen LogP contribution is -2.64. The molecule has 2 aromatic heterocycles. The van der Waals surface area contributed by atoms with E-state index in [9.17, 15) is 19.8 Å². The molecule has 1 saturated carbocycles. The highest BCUT2D eigenvalue weighted by Crippen LogP contribution is 2.49. The molecule has 204 valence electrons. The summed E-state index contributed by atoms with van der Waals surface area (Å²) in [4.78, 5) is 34.0. The van der Waals surface area contributed by atoms with Crippen molar-refractivity contribution in [2.75, 3.05) is 6.61 Å². The van der Waals surface area contributed by atoms with Gasteiger partial charge in [-0.25, -0.2) is 14.8 Å². The van der Waals surface area contributed by atoms with Gasteiger partial charge in [-0.2, -0.15) is 0 Å². The number of nitrogens with one attached hydrogen (secondary N) is 2. The molecule has 1 aliphatic rings. The number of carboxylic acid groups (broad SMARTS) is 1. The van der Waals surface area contributed by atoms with Gasteiger partial charge in [0.15, 0.2) is 6.10 Å². The van der Waals surface area contributed by atoms with Crippen LogP contribution in [0.1, 0.15) is 70.4 Å². The predicted molar refractivity (Wildman–Crippen MR) is 146 cm³/mol. The first-order valence-electron chi connectivity index (χ1n) is 13.1. The summed E-state index contributed by atoms with van der Waals surface area (Å²) in [5, 5.41) is 28.7. The Morgan fingerprint density at radius 3 is 2.63 bits per heavy atom. The Labute approximate surface area is 226 Å². The molecule has 1 fully saturated rings. The number of fused-ring (bicyclic) bond motifs is 1. The lowest BCUT2D eigenvalue weighted by atomic mass is 9.61. The fraction of sp³-hybridized carbons (Fsp3) is 0.500. The Hall–Kier alpha value is -3.24. The van der Waals surface area contributed by atoms with Gasteiger partial charge in [0.05, 0.1) is 23.7 Å². The van der Waals surface area contributed by atoms with Crippen LogP contribution in [0.4, 0.5) is 4.79 Å². The van der Waals surface area contributed by atoms with Crippen LogP contribution < -0.4 is 15.4 Å². The van der Waals surface area contributed by atoms with Crippen LogP contribution in [0, 0.1) is 5.41 Å². The van der Waals surface area contributed by atoms with Gasteiger partial charge >= 0.3 is 6.09 Å². The monoisotopic (exact) mass is 540 g/mol. The Kier molecular flexibility index (Phi) is 8.83. The quantitative estimate of drug-likeness (QED) is 0.238. The Bertz CT molecular complexity index is 1230. The third kappa shape index (κ3) is 6.24. The summed E-state index contributed by atoms with van der Waals surface area (Å²) in [5.41, 5.74) is -0.0632. The normalized spacial score (nSPS) is 17.6. The van der Waals surface area contributed by atoms with Crippen molar-refractivity contribution in [3.63, 3.8) is 0 Å². The molecule has 0 radical (unpaired) electrons. The number of carbonyl (C=O) groups is 2. The average Bonchev–Trinajstić information content (AvgIpc) is 3.38. The number of rotatable bonds is 13. The van der Waals surface area contributed by atoms with Crippen molar-refractivity contribution in [2.45, 2.75) is 76.5 Å². The lowest BCUT2D eigenvalue weighted by molar-refractivity contribution is -0.137. The second-order valence-electron chi connectivity index (χ2n) is 10.4. The second-order valence-corrected chi connectivity index (χ2v) is 11.3. The minimum atomic E-state index is -1.57. The molecule has 2 unspecified atom stereocenters. The molecule has 3 atom stereocenters. The highest BCUT2D eigenvalue weighted by molar-refractivity contribution is 7.17. The first-order chi connectivity index (χ1) is 18.3. The van der Waals surface area contributed by atoms with Gasteiger partial charge in [-0.3, -0.25) is 4.79 Å². The summed E-state index contributed by atoms with van der Waals surface area (Å²) in [6, 6.07) is 11.0. The van der Waals surface area contributed by atoms with E-state index in [2.05, 4.69) is 20.6 Å². The van der Waals surface area contributed by atoms with E-state index >= 15 is 0 Å². The van der Waals surface area contributed by atoms with Gasteiger partial charge in [-0.05, 0) is 49.6 Å². The van der Waals surface area contributed by atoms with Crippen LogP contribution in [0.15, 0.2) is 48.1 Å². The molecular weight excluding hydrogens is 504 g/mol. The highest BCUT2D eigenvalue weighted by Gasteiger charge is 2.51. The largest absolute Gasteiger partial charge is 0.476 e. The maximum atomic E-state index is 13.4. The van der Waals surface area contributed by atoms with E-state index in [4.69, 9.17) is 4.74 Å². The minimum Gasteiger partial charge on any atom is -0.476 e. The van der Waals surface area contributed by atoms with E-state index in [1.165, 1.54) is 17.7 Å². The summed E-state index contributed by atoms with van der Waals surface area (Å²) in [7, 11) is 0. The SMILES string of the molecule is CCCCC(CC1(COc2ncnc3ccsc23)CCC1)(NC(=O)O)C(O)C(=O)N[C@H](C)c1ccccc1. The molecule has 38 heavy (non-hydrogen) atoms. The van der Waals surface area contributed by atoms with Crippen LogP contribution in [0.5, 0.6) is 5.88 Å². The highest BCUT2D eigenvalue weighted by atomic mass is 32.1. The standard InChI is InChI=1S/C28H36N4O5S/c1-3-4-14-28(32-26(35)36,23(33)24(34)31-19(2)20-9-6-5-7-10-20)16-27(12-8-13-27)17-37-25-22-21(11-15-38-22)29-18-30-25/h5-7,9-11,15,18-19,23,32-33H,3-4,8,12-14,16-17H2,1-2H3,(H,31,34)(H,35,36)/t19-,23?,28?/m1/s1. The van der Waals surface area contributed by atoms with E-state index in [1.54, 1.807) is 0 Å². The first kappa shape index (κ1) is 27.8. The molecule has 1 aliphatic carbocycles. The van der Waals surface area contributed by atoms with E-state index in [-0.39, 0.29) is 12.5 Å². The molecule has 0 bridgehead atoms. The Morgan fingerprint density at radius 2 is 1.97 bits per heavy atom. The van der Waals surface area contributed by atoms with Crippen molar-refractivity contribution in [3.8, 4) is 5.88 Å². The number of carbonyl (C=O) groups excluding carboxylic acids is 1. The number of aromatic nitrogens is 2. The number of nitrogens with zero attached hydrogens (tertiary/aromatic N) is 2. The zero-order valence-corrected chi connectivity index (χ0v) is 22.7. The van der Waals surface area contributed by atoms with Crippen molar-refractivity contribution in [2.24, 2.45) is 5.41 Å². The van der Waals surface area contributed by atoms with Crippen molar-refractivity contribution >= 4 is 33.6 Å². The lowest BCUT2D eigenvalue weighted by Gasteiger charge is -2.49.